The van der Waals surface area contributed by atoms with Gasteiger partial charge in [0.1, 0.15) is 0 Å². The van der Waals surface area contributed by atoms with Crippen molar-refractivity contribution in [1.82, 2.24) is 9.62 Å². The van der Waals surface area contributed by atoms with E-state index in [0.29, 0.717) is 25.2 Å². The van der Waals surface area contributed by atoms with E-state index >= 15 is 0 Å². The van der Waals surface area contributed by atoms with E-state index in [4.69, 9.17) is 5.84 Å². The van der Waals surface area contributed by atoms with Crippen molar-refractivity contribution < 1.29 is 13.2 Å². The molecule has 0 atom stereocenters. The predicted octanol–water partition coefficient (Wildman–Crippen LogP) is -0.517. The molecular weight excluding hydrogens is 268 g/mol. The summed E-state index contributed by atoms with van der Waals surface area (Å²) in [7, 11) is -3.64. The monoisotopic (exact) mass is 284 g/mol. The Kier molecular flexibility index (Phi) is 4.03. The lowest BCUT2D eigenvalue weighted by molar-refractivity contribution is -0.120. The van der Waals surface area contributed by atoms with E-state index in [1.54, 1.807) is 12.1 Å². The lowest BCUT2D eigenvalue weighted by Gasteiger charge is -2.18. The minimum atomic E-state index is -3.64. The Morgan fingerprint density at radius 1 is 1.26 bits per heavy atom. The minimum Gasteiger partial charge on any atom is -0.355 e. The molecule has 104 valence electrons. The average molecular weight is 284 g/mol. The molecule has 8 heteroatoms. The number of anilines is 1. The summed E-state index contributed by atoms with van der Waals surface area (Å²) in [5.41, 5.74) is 3.05. The first-order valence-corrected chi connectivity index (χ1v) is 7.31. The number of hydrogen-bond acceptors (Lipinski definition) is 5. The van der Waals surface area contributed by atoms with Crippen LogP contribution in [-0.2, 0) is 14.8 Å². The number of carbonyl (C=O) groups is 1. The maximum Gasteiger partial charge on any atom is 0.243 e. The van der Waals surface area contributed by atoms with Crippen molar-refractivity contribution in [2.24, 2.45) is 5.84 Å². The first-order chi connectivity index (χ1) is 9.04. The Morgan fingerprint density at radius 3 is 2.58 bits per heavy atom. The Bertz CT molecular complexity index is 556. The number of hydrogen-bond donors (Lipinski definition) is 3. The lowest BCUT2D eigenvalue weighted by atomic mass is 10.3. The number of nitrogens with one attached hydrogen (secondary N) is 2. The van der Waals surface area contributed by atoms with Crippen LogP contribution in [0.2, 0.25) is 0 Å². The van der Waals surface area contributed by atoms with E-state index in [0.717, 1.165) is 0 Å². The van der Waals surface area contributed by atoms with E-state index in [1.807, 2.05) is 0 Å². The first-order valence-electron chi connectivity index (χ1n) is 5.87. The molecule has 1 amide bonds. The van der Waals surface area contributed by atoms with Crippen LogP contribution in [0.4, 0.5) is 5.69 Å². The number of sulfonamides is 1. The van der Waals surface area contributed by atoms with Crippen LogP contribution in [0.5, 0.6) is 0 Å². The maximum atomic E-state index is 12.4. The summed E-state index contributed by atoms with van der Waals surface area (Å²) in [6, 6.07) is 6.08. The number of nitrogens with zero attached hydrogens (tertiary/aromatic N) is 1. The molecule has 1 aliphatic rings. The molecule has 1 aromatic rings. The van der Waals surface area contributed by atoms with Crippen LogP contribution in [0.1, 0.15) is 6.42 Å². The summed E-state index contributed by atoms with van der Waals surface area (Å²) >= 11 is 0. The highest BCUT2D eigenvalue weighted by molar-refractivity contribution is 7.89. The number of carbonyl (C=O) groups excluding carboxylic acids is 1. The summed E-state index contributed by atoms with van der Waals surface area (Å²) < 4.78 is 26.0. The van der Waals surface area contributed by atoms with Crippen LogP contribution in [0.15, 0.2) is 29.2 Å². The highest BCUT2D eigenvalue weighted by Gasteiger charge is 2.27. The molecule has 0 aromatic heterocycles. The molecule has 0 aliphatic carbocycles. The molecule has 19 heavy (non-hydrogen) atoms. The van der Waals surface area contributed by atoms with Crippen molar-refractivity contribution in [2.75, 3.05) is 25.1 Å². The fourth-order valence-corrected chi connectivity index (χ4v) is 3.29. The second-order valence-electron chi connectivity index (χ2n) is 4.21. The summed E-state index contributed by atoms with van der Waals surface area (Å²) in [6.07, 6.45) is 0.605. The van der Waals surface area contributed by atoms with Crippen molar-refractivity contribution in [3.05, 3.63) is 24.3 Å². The standard InChI is InChI=1S/C11H16N4O3S/c12-14-9-2-4-10(5-3-9)19(17,18)15-7-1-6-13-11(16)8-15/h2-5,14H,1,6-8,12H2,(H,13,16). The van der Waals surface area contributed by atoms with Gasteiger partial charge >= 0.3 is 0 Å². The van der Waals surface area contributed by atoms with Gasteiger partial charge in [0.15, 0.2) is 0 Å². The lowest BCUT2D eigenvalue weighted by Crippen LogP contribution is -2.37. The van der Waals surface area contributed by atoms with Crippen LogP contribution in [0, 0.1) is 0 Å². The third-order valence-electron chi connectivity index (χ3n) is 2.89. The third kappa shape index (κ3) is 3.03. The van der Waals surface area contributed by atoms with Crippen LogP contribution in [-0.4, -0.2) is 38.3 Å². The second-order valence-corrected chi connectivity index (χ2v) is 6.15. The van der Waals surface area contributed by atoms with E-state index < -0.39 is 10.0 Å². The second kappa shape index (κ2) is 5.55. The fourth-order valence-electron chi connectivity index (χ4n) is 1.86. The third-order valence-corrected chi connectivity index (χ3v) is 4.74. The van der Waals surface area contributed by atoms with Gasteiger partial charge in [-0.1, -0.05) is 0 Å². The molecule has 0 unspecified atom stereocenters. The molecule has 0 radical (unpaired) electrons. The van der Waals surface area contributed by atoms with Gasteiger partial charge in [-0.15, -0.1) is 0 Å². The number of benzene rings is 1. The van der Waals surface area contributed by atoms with Gasteiger partial charge in [-0.3, -0.25) is 10.6 Å². The van der Waals surface area contributed by atoms with Gasteiger partial charge < -0.3 is 10.7 Å². The first kappa shape index (κ1) is 13.8. The highest BCUT2D eigenvalue weighted by atomic mass is 32.2. The number of rotatable bonds is 3. The number of nitrogen functional groups attached to an aromatic ring is 1. The molecular formula is C11H16N4O3S. The van der Waals surface area contributed by atoms with E-state index in [2.05, 4.69) is 10.7 Å². The van der Waals surface area contributed by atoms with E-state index in [-0.39, 0.29) is 17.3 Å². The fraction of sp³-hybridized carbons (Fsp3) is 0.364. The van der Waals surface area contributed by atoms with Gasteiger partial charge in [-0.2, -0.15) is 4.31 Å². The number of amides is 1. The largest absolute Gasteiger partial charge is 0.355 e. The summed E-state index contributed by atoms with van der Waals surface area (Å²) in [5.74, 6) is 4.95. The Hall–Kier alpha value is -1.64. The van der Waals surface area contributed by atoms with Crippen molar-refractivity contribution in [1.29, 1.82) is 0 Å². The zero-order chi connectivity index (χ0) is 13.9. The van der Waals surface area contributed by atoms with Crippen LogP contribution in [0.3, 0.4) is 0 Å². The van der Waals surface area contributed by atoms with Gasteiger partial charge in [0.25, 0.3) is 0 Å². The Morgan fingerprint density at radius 2 is 1.95 bits per heavy atom. The van der Waals surface area contributed by atoms with E-state index in [9.17, 15) is 13.2 Å². The van der Waals surface area contributed by atoms with Crippen molar-refractivity contribution >= 4 is 21.6 Å². The molecule has 0 bridgehead atoms. The smallest absolute Gasteiger partial charge is 0.243 e. The van der Waals surface area contributed by atoms with Gasteiger partial charge in [0.05, 0.1) is 11.4 Å². The highest BCUT2D eigenvalue weighted by Crippen LogP contribution is 2.18. The van der Waals surface area contributed by atoms with Crippen LogP contribution < -0.4 is 16.6 Å². The predicted molar refractivity (Wildman–Crippen MR) is 70.6 cm³/mol. The van der Waals surface area contributed by atoms with Crippen molar-refractivity contribution in [3.63, 3.8) is 0 Å². The van der Waals surface area contributed by atoms with Crippen LogP contribution >= 0.6 is 0 Å². The quantitative estimate of drug-likeness (QED) is 0.512. The average Bonchev–Trinajstić information content (AvgIpc) is 2.64. The summed E-state index contributed by atoms with van der Waals surface area (Å²) in [5, 5.41) is 2.64. The summed E-state index contributed by atoms with van der Waals surface area (Å²) in [6.45, 7) is 0.693. The van der Waals surface area contributed by atoms with Crippen LogP contribution in [0.25, 0.3) is 0 Å². The van der Waals surface area contributed by atoms with Gasteiger partial charge in [0.2, 0.25) is 15.9 Å². The molecule has 7 nitrogen and oxygen atoms in total. The van der Waals surface area contributed by atoms with Crippen molar-refractivity contribution in [3.8, 4) is 0 Å². The van der Waals surface area contributed by atoms with Crippen molar-refractivity contribution in [2.45, 2.75) is 11.3 Å². The van der Waals surface area contributed by atoms with E-state index in [1.165, 1.54) is 16.4 Å². The molecule has 0 saturated carbocycles. The maximum absolute atomic E-state index is 12.4. The molecule has 1 heterocycles. The topological polar surface area (TPSA) is 105 Å². The Labute approximate surface area is 111 Å². The molecule has 1 saturated heterocycles. The Balaban J connectivity index is 2.26. The molecule has 1 fully saturated rings. The zero-order valence-corrected chi connectivity index (χ0v) is 11.1. The zero-order valence-electron chi connectivity index (χ0n) is 10.3. The number of nitrogens with two attached hydrogens (primary N) is 1. The SMILES string of the molecule is NNc1ccc(S(=O)(=O)N2CCCNC(=O)C2)cc1. The minimum absolute atomic E-state index is 0.140. The van der Waals surface area contributed by atoms with Gasteiger partial charge in [0, 0.05) is 18.8 Å². The molecule has 1 aromatic carbocycles. The molecule has 1 aliphatic heterocycles. The normalized spacial score (nSPS) is 17.6. The molecule has 2 rings (SSSR count). The summed E-state index contributed by atoms with van der Waals surface area (Å²) in [4.78, 5) is 11.6. The molecule has 4 N–H and O–H groups in total. The van der Waals surface area contributed by atoms with Gasteiger partial charge in [-0.05, 0) is 30.7 Å². The van der Waals surface area contributed by atoms with Gasteiger partial charge in [-0.25, -0.2) is 8.42 Å². The molecule has 0 spiro atoms. The number of hydrazine groups is 1.